The number of rotatable bonds is 3. The third kappa shape index (κ3) is 3.53. The summed E-state index contributed by atoms with van der Waals surface area (Å²) in [6.45, 7) is 3.52. The summed E-state index contributed by atoms with van der Waals surface area (Å²) >= 11 is 0. The fraction of sp³-hybridized carbons (Fsp3) is 0.571. The summed E-state index contributed by atoms with van der Waals surface area (Å²) in [5.41, 5.74) is -0.606. The molecule has 0 radical (unpaired) electrons. The standard InChI is InChI=1S/C14H18F3N3O/c1-9-11(3-4-12(19-9)14(15,16)17)13(21)20-6-5-10(8-20)7-18-2/h3-4,10,18H,5-8H2,1-2H3. The van der Waals surface area contributed by atoms with E-state index in [1.165, 1.54) is 13.0 Å². The minimum Gasteiger partial charge on any atom is -0.338 e. The van der Waals surface area contributed by atoms with Crippen LogP contribution in [0.2, 0.25) is 0 Å². The number of hydrogen-bond donors (Lipinski definition) is 1. The van der Waals surface area contributed by atoms with Crippen molar-refractivity contribution in [2.75, 3.05) is 26.7 Å². The second kappa shape index (κ2) is 6.01. The van der Waals surface area contributed by atoms with Crippen LogP contribution in [0.15, 0.2) is 12.1 Å². The minimum absolute atomic E-state index is 0.117. The highest BCUT2D eigenvalue weighted by Gasteiger charge is 2.34. The van der Waals surface area contributed by atoms with Crippen molar-refractivity contribution in [1.29, 1.82) is 0 Å². The van der Waals surface area contributed by atoms with Crippen LogP contribution in [0, 0.1) is 12.8 Å². The third-order valence-electron chi connectivity index (χ3n) is 3.67. The van der Waals surface area contributed by atoms with E-state index in [4.69, 9.17) is 0 Å². The van der Waals surface area contributed by atoms with Gasteiger partial charge in [0.2, 0.25) is 0 Å². The smallest absolute Gasteiger partial charge is 0.338 e. The van der Waals surface area contributed by atoms with E-state index in [1.54, 1.807) is 4.90 Å². The number of carbonyl (C=O) groups is 1. The average Bonchev–Trinajstić information content (AvgIpc) is 2.86. The zero-order valence-electron chi connectivity index (χ0n) is 12.0. The molecule has 2 rings (SSSR count). The van der Waals surface area contributed by atoms with Crippen LogP contribution in [0.3, 0.4) is 0 Å². The van der Waals surface area contributed by atoms with Crippen molar-refractivity contribution >= 4 is 5.91 Å². The molecule has 2 heterocycles. The highest BCUT2D eigenvalue weighted by atomic mass is 19.4. The maximum Gasteiger partial charge on any atom is 0.433 e. The van der Waals surface area contributed by atoms with Crippen molar-refractivity contribution in [3.05, 3.63) is 29.1 Å². The van der Waals surface area contributed by atoms with Gasteiger partial charge in [-0.15, -0.1) is 0 Å². The molecule has 4 nitrogen and oxygen atoms in total. The first-order valence-corrected chi connectivity index (χ1v) is 6.81. The maximum atomic E-state index is 12.6. The van der Waals surface area contributed by atoms with Gasteiger partial charge in [-0.25, -0.2) is 4.98 Å². The quantitative estimate of drug-likeness (QED) is 0.930. The average molecular weight is 301 g/mol. The number of nitrogens with one attached hydrogen (secondary N) is 1. The summed E-state index contributed by atoms with van der Waals surface area (Å²) in [6, 6.07) is 2.08. The lowest BCUT2D eigenvalue weighted by atomic mass is 10.1. The third-order valence-corrected chi connectivity index (χ3v) is 3.67. The molecule has 21 heavy (non-hydrogen) atoms. The molecule has 0 spiro atoms. The molecule has 1 atom stereocenters. The Kier molecular flexibility index (Phi) is 4.51. The molecule has 1 aliphatic heterocycles. The Bertz CT molecular complexity index is 531. The number of halogens is 3. The molecule has 116 valence electrons. The molecule has 0 aromatic carbocycles. The number of carbonyl (C=O) groups excluding carboxylic acids is 1. The number of likely N-dealkylation sites (tertiary alicyclic amines) is 1. The minimum atomic E-state index is -4.49. The predicted molar refractivity (Wildman–Crippen MR) is 71.9 cm³/mol. The number of hydrogen-bond acceptors (Lipinski definition) is 3. The summed E-state index contributed by atoms with van der Waals surface area (Å²) < 4.78 is 37.7. The van der Waals surface area contributed by atoms with E-state index in [0.717, 1.165) is 19.0 Å². The van der Waals surface area contributed by atoms with Crippen molar-refractivity contribution in [2.45, 2.75) is 19.5 Å². The molecule has 1 N–H and O–H groups in total. The fourth-order valence-electron chi connectivity index (χ4n) is 2.59. The molecule has 1 aromatic rings. The molecular weight excluding hydrogens is 283 g/mol. The molecule has 7 heteroatoms. The van der Waals surface area contributed by atoms with E-state index in [1.807, 2.05) is 7.05 Å². The van der Waals surface area contributed by atoms with Crippen LogP contribution in [0.4, 0.5) is 13.2 Å². The molecule has 0 aliphatic carbocycles. The summed E-state index contributed by atoms with van der Waals surface area (Å²) in [5, 5.41) is 3.07. The highest BCUT2D eigenvalue weighted by molar-refractivity contribution is 5.95. The van der Waals surface area contributed by atoms with Crippen LogP contribution in [0.1, 0.15) is 28.2 Å². The van der Waals surface area contributed by atoms with Crippen LogP contribution in [0.25, 0.3) is 0 Å². The number of amides is 1. The Balaban J connectivity index is 2.14. The van der Waals surface area contributed by atoms with E-state index >= 15 is 0 Å². The first-order chi connectivity index (χ1) is 9.82. The van der Waals surface area contributed by atoms with Gasteiger partial charge in [0.05, 0.1) is 11.3 Å². The largest absolute Gasteiger partial charge is 0.433 e. The van der Waals surface area contributed by atoms with Crippen LogP contribution in [-0.2, 0) is 6.18 Å². The Labute approximate surface area is 121 Å². The van der Waals surface area contributed by atoms with Crippen molar-refractivity contribution in [3.63, 3.8) is 0 Å². The van der Waals surface area contributed by atoms with Crippen LogP contribution in [-0.4, -0.2) is 42.5 Å². The molecule has 1 amide bonds. The zero-order chi connectivity index (χ0) is 15.6. The van der Waals surface area contributed by atoms with E-state index in [2.05, 4.69) is 10.3 Å². The summed E-state index contributed by atoms with van der Waals surface area (Å²) in [4.78, 5) is 17.6. The molecule has 0 bridgehead atoms. The molecule has 1 aromatic heterocycles. The van der Waals surface area contributed by atoms with E-state index in [9.17, 15) is 18.0 Å². The van der Waals surface area contributed by atoms with Crippen LogP contribution in [0.5, 0.6) is 0 Å². The second-order valence-corrected chi connectivity index (χ2v) is 5.29. The van der Waals surface area contributed by atoms with Gasteiger partial charge in [0.25, 0.3) is 5.91 Å². The first-order valence-electron chi connectivity index (χ1n) is 6.81. The lowest BCUT2D eigenvalue weighted by Gasteiger charge is -2.18. The van der Waals surface area contributed by atoms with Gasteiger partial charge in [0.1, 0.15) is 5.69 Å². The Morgan fingerprint density at radius 2 is 2.19 bits per heavy atom. The lowest BCUT2D eigenvalue weighted by Crippen LogP contribution is -2.31. The van der Waals surface area contributed by atoms with Gasteiger partial charge in [-0.1, -0.05) is 0 Å². The fourth-order valence-corrected chi connectivity index (χ4v) is 2.59. The van der Waals surface area contributed by atoms with Crippen LogP contribution < -0.4 is 5.32 Å². The number of pyridine rings is 1. The van der Waals surface area contributed by atoms with Gasteiger partial charge in [-0.2, -0.15) is 13.2 Å². The van der Waals surface area contributed by atoms with Gasteiger partial charge in [0, 0.05) is 13.1 Å². The molecule has 0 saturated carbocycles. The predicted octanol–water partition coefficient (Wildman–Crippen LogP) is 2.09. The first kappa shape index (κ1) is 15.8. The van der Waals surface area contributed by atoms with Gasteiger partial charge in [0.15, 0.2) is 0 Å². The van der Waals surface area contributed by atoms with Gasteiger partial charge in [-0.3, -0.25) is 4.79 Å². The number of nitrogens with zero attached hydrogens (tertiary/aromatic N) is 2. The molecule has 1 saturated heterocycles. The van der Waals surface area contributed by atoms with Gasteiger partial charge >= 0.3 is 6.18 Å². The molecule has 1 fully saturated rings. The van der Waals surface area contributed by atoms with Gasteiger partial charge in [-0.05, 0) is 45.0 Å². The van der Waals surface area contributed by atoms with Crippen molar-refractivity contribution in [2.24, 2.45) is 5.92 Å². The molecule has 1 unspecified atom stereocenters. The molecular formula is C14H18F3N3O. The zero-order valence-corrected chi connectivity index (χ0v) is 12.0. The normalized spacial score (nSPS) is 19.1. The number of aryl methyl sites for hydroxylation is 1. The summed E-state index contributed by atoms with van der Waals surface area (Å²) in [6.07, 6.45) is -3.59. The van der Waals surface area contributed by atoms with E-state index < -0.39 is 11.9 Å². The van der Waals surface area contributed by atoms with Crippen molar-refractivity contribution in [1.82, 2.24) is 15.2 Å². The highest BCUT2D eigenvalue weighted by Crippen LogP contribution is 2.28. The molecule has 1 aliphatic rings. The topological polar surface area (TPSA) is 45.2 Å². The monoisotopic (exact) mass is 301 g/mol. The van der Waals surface area contributed by atoms with E-state index in [0.29, 0.717) is 19.0 Å². The number of alkyl halides is 3. The summed E-state index contributed by atoms with van der Waals surface area (Å²) in [7, 11) is 1.86. The number of aromatic nitrogens is 1. The maximum absolute atomic E-state index is 12.6. The lowest BCUT2D eigenvalue weighted by molar-refractivity contribution is -0.141. The second-order valence-electron chi connectivity index (χ2n) is 5.29. The Morgan fingerprint density at radius 3 is 2.76 bits per heavy atom. The Hall–Kier alpha value is -1.63. The Morgan fingerprint density at radius 1 is 1.48 bits per heavy atom. The van der Waals surface area contributed by atoms with Gasteiger partial charge < -0.3 is 10.2 Å². The van der Waals surface area contributed by atoms with Crippen LogP contribution >= 0.6 is 0 Å². The van der Waals surface area contributed by atoms with Crippen molar-refractivity contribution < 1.29 is 18.0 Å². The summed E-state index contributed by atoms with van der Waals surface area (Å²) in [5.74, 6) is 0.147. The SMILES string of the molecule is CNCC1CCN(C(=O)c2ccc(C(F)(F)F)nc2C)C1. The van der Waals surface area contributed by atoms with Crippen molar-refractivity contribution in [3.8, 4) is 0 Å². The van der Waals surface area contributed by atoms with E-state index in [-0.39, 0.29) is 17.2 Å².